The summed E-state index contributed by atoms with van der Waals surface area (Å²) in [6.45, 7) is 2.12. The number of nitrogens with one attached hydrogen (secondary N) is 2. The van der Waals surface area contributed by atoms with Crippen LogP contribution in [0.4, 0.5) is 16.2 Å². The van der Waals surface area contributed by atoms with Crippen molar-refractivity contribution >= 4 is 52.4 Å². The number of hydrogen-bond donors (Lipinski definition) is 2. The third-order valence-electron chi connectivity index (χ3n) is 5.04. The smallest absolute Gasteiger partial charge is 0.323 e. The maximum absolute atomic E-state index is 12.8. The molecule has 0 unspecified atom stereocenters. The third kappa shape index (κ3) is 5.99. The van der Waals surface area contributed by atoms with Gasteiger partial charge in [-0.15, -0.1) is 0 Å². The van der Waals surface area contributed by atoms with Crippen LogP contribution in [0.2, 0.25) is 10.0 Å². The van der Waals surface area contributed by atoms with Crippen LogP contribution in [0.15, 0.2) is 81.6 Å². The molecule has 2 aromatic heterocycles. The molecule has 8 nitrogen and oxygen atoms in total. The fourth-order valence-electron chi connectivity index (χ4n) is 3.28. The van der Waals surface area contributed by atoms with E-state index < -0.39 is 11.6 Å². The lowest BCUT2D eigenvalue weighted by molar-refractivity contribution is 0.262. The first kappa shape index (κ1) is 25.6. The van der Waals surface area contributed by atoms with Gasteiger partial charge in [0.05, 0.1) is 28.5 Å². The average molecular weight is 542 g/mol. The Balaban J connectivity index is 1.60. The first-order chi connectivity index (χ1) is 17.4. The molecule has 0 bridgehead atoms. The molecule has 0 aliphatic rings. The van der Waals surface area contributed by atoms with E-state index in [0.29, 0.717) is 12.2 Å². The van der Waals surface area contributed by atoms with E-state index in [-0.39, 0.29) is 21.4 Å². The van der Waals surface area contributed by atoms with Gasteiger partial charge in [-0.05, 0) is 49.4 Å². The molecule has 2 aromatic carbocycles. The number of methoxy groups -OCH3 is 1. The number of rotatable bonds is 7. The van der Waals surface area contributed by atoms with Gasteiger partial charge in [0, 0.05) is 34.3 Å². The number of amides is 2. The number of aryl methyl sites for hydroxylation is 1. The minimum Gasteiger partial charge on any atom is -0.497 e. The van der Waals surface area contributed by atoms with Gasteiger partial charge in [0.1, 0.15) is 11.4 Å². The number of carbonyl (C=O) groups is 1. The normalized spacial score (nSPS) is 10.7. The van der Waals surface area contributed by atoms with Crippen LogP contribution in [0.25, 0.3) is 11.3 Å². The summed E-state index contributed by atoms with van der Waals surface area (Å²) >= 11 is 13.7. The van der Waals surface area contributed by atoms with Crippen molar-refractivity contribution in [1.82, 2.24) is 14.8 Å². The van der Waals surface area contributed by atoms with Crippen LogP contribution in [0.3, 0.4) is 0 Å². The summed E-state index contributed by atoms with van der Waals surface area (Å²) in [7, 11) is 1.63. The van der Waals surface area contributed by atoms with Crippen molar-refractivity contribution in [1.29, 1.82) is 0 Å². The van der Waals surface area contributed by atoms with Crippen LogP contribution in [-0.4, -0.2) is 27.9 Å². The summed E-state index contributed by atoms with van der Waals surface area (Å²) in [6, 6.07) is 16.4. The summed E-state index contributed by atoms with van der Waals surface area (Å²) in [5.41, 5.74) is 1.14. The van der Waals surface area contributed by atoms with Crippen molar-refractivity contribution in [3.8, 4) is 17.0 Å². The fourth-order valence-corrected chi connectivity index (χ4v) is 4.62. The molecule has 0 saturated heterocycles. The molecule has 2 amide bonds. The van der Waals surface area contributed by atoms with Crippen LogP contribution >= 0.6 is 35.0 Å². The highest BCUT2D eigenvalue weighted by atomic mass is 35.5. The molecule has 0 radical (unpaired) electrons. The summed E-state index contributed by atoms with van der Waals surface area (Å²) in [4.78, 5) is 31.4. The van der Waals surface area contributed by atoms with Gasteiger partial charge < -0.3 is 15.4 Å². The van der Waals surface area contributed by atoms with E-state index in [4.69, 9.17) is 27.9 Å². The van der Waals surface area contributed by atoms with Crippen molar-refractivity contribution in [2.75, 3.05) is 17.7 Å². The third-order valence-corrected chi connectivity index (χ3v) is 6.61. The van der Waals surface area contributed by atoms with E-state index in [2.05, 4.69) is 20.7 Å². The molecule has 0 atom stereocenters. The van der Waals surface area contributed by atoms with Gasteiger partial charge in [-0.2, -0.15) is 5.10 Å². The molecule has 4 rings (SSSR count). The van der Waals surface area contributed by atoms with Crippen LogP contribution in [0.5, 0.6) is 5.75 Å². The molecule has 0 aliphatic heterocycles. The molecule has 11 heteroatoms. The zero-order chi connectivity index (χ0) is 25.7. The summed E-state index contributed by atoms with van der Waals surface area (Å²) in [6.07, 6.45) is 2.71. The van der Waals surface area contributed by atoms with E-state index in [1.807, 2.05) is 48.5 Å². The number of halogens is 2. The number of hydrogen-bond acceptors (Lipinski definition) is 6. The quantitative estimate of drug-likeness (QED) is 0.279. The topological polar surface area (TPSA) is 98.1 Å². The SMILES string of the molecule is CCn1nc(-c2cccc(Sc3ccc(OC)cc3)c2)cc(NC(=O)Nc2c(Cl)cncc2Cl)c1=O. The van der Waals surface area contributed by atoms with Crippen LogP contribution < -0.4 is 20.9 Å². The van der Waals surface area contributed by atoms with E-state index in [1.54, 1.807) is 31.9 Å². The molecule has 184 valence electrons. The Morgan fingerprint density at radius 2 is 1.75 bits per heavy atom. The van der Waals surface area contributed by atoms with Gasteiger partial charge in [0.25, 0.3) is 5.56 Å². The Labute approximate surface area is 221 Å². The van der Waals surface area contributed by atoms with Crippen LogP contribution in [-0.2, 0) is 6.54 Å². The van der Waals surface area contributed by atoms with Gasteiger partial charge in [0.2, 0.25) is 0 Å². The summed E-state index contributed by atoms with van der Waals surface area (Å²) in [5, 5.41) is 9.96. The van der Waals surface area contributed by atoms with Gasteiger partial charge in [-0.3, -0.25) is 9.78 Å². The number of urea groups is 1. The lowest BCUT2D eigenvalue weighted by Gasteiger charge is -2.13. The van der Waals surface area contributed by atoms with Crippen LogP contribution in [0, 0.1) is 0 Å². The van der Waals surface area contributed by atoms with Crippen molar-refractivity contribution in [3.63, 3.8) is 0 Å². The highest BCUT2D eigenvalue weighted by Gasteiger charge is 2.15. The molecule has 2 heterocycles. The first-order valence-electron chi connectivity index (χ1n) is 10.8. The van der Waals surface area contributed by atoms with Crippen molar-refractivity contribution in [2.24, 2.45) is 0 Å². The zero-order valence-corrected chi connectivity index (χ0v) is 21.6. The largest absolute Gasteiger partial charge is 0.497 e. The number of carbonyl (C=O) groups excluding carboxylic acids is 1. The molecule has 36 heavy (non-hydrogen) atoms. The lowest BCUT2D eigenvalue weighted by atomic mass is 10.1. The number of ether oxygens (including phenoxy) is 1. The highest BCUT2D eigenvalue weighted by Crippen LogP contribution is 2.32. The second-order valence-electron chi connectivity index (χ2n) is 7.43. The van der Waals surface area contributed by atoms with Crippen molar-refractivity contribution in [3.05, 3.63) is 87.4 Å². The zero-order valence-electron chi connectivity index (χ0n) is 19.3. The minimum atomic E-state index is -0.675. The molecule has 4 aromatic rings. The molecule has 2 N–H and O–H groups in total. The number of anilines is 2. The molecule has 0 saturated carbocycles. The Bertz CT molecular complexity index is 1440. The predicted octanol–water partition coefficient (Wildman–Crippen LogP) is 6.44. The van der Waals surface area contributed by atoms with Gasteiger partial charge in [-0.1, -0.05) is 47.1 Å². The molecular weight excluding hydrogens is 521 g/mol. The van der Waals surface area contributed by atoms with Crippen LogP contribution in [0.1, 0.15) is 6.92 Å². The maximum Gasteiger partial charge on any atom is 0.323 e. The van der Waals surface area contributed by atoms with E-state index in [9.17, 15) is 9.59 Å². The Morgan fingerprint density at radius 3 is 2.42 bits per heavy atom. The second-order valence-corrected chi connectivity index (χ2v) is 9.39. The number of benzene rings is 2. The fraction of sp³-hybridized carbons (Fsp3) is 0.120. The predicted molar refractivity (Wildman–Crippen MR) is 144 cm³/mol. The van der Waals surface area contributed by atoms with Gasteiger partial charge in [0.15, 0.2) is 0 Å². The molecule has 0 fully saturated rings. The molecular formula is C25H21Cl2N5O3S. The average Bonchev–Trinajstić information content (AvgIpc) is 2.88. The van der Waals surface area contributed by atoms with E-state index >= 15 is 0 Å². The minimum absolute atomic E-state index is 0.0638. The summed E-state index contributed by atoms with van der Waals surface area (Å²) in [5.74, 6) is 0.789. The van der Waals surface area contributed by atoms with Crippen molar-refractivity contribution in [2.45, 2.75) is 23.3 Å². The standard InChI is InChI=1S/C25H21Cl2N5O3S/c1-3-32-24(33)22(29-25(34)30-23-19(26)13-28-14-20(23)27)12-21(31-32)15-5-4-6-18(11-15)36-17-9-7-16(35-2)8-10-17/h4-14H,3H2,1-2H3,(H2,28,29,30,34). The monoisotopic (exact) mass is 541 g/mol. The Kier molecular flexibility index (Phi) is 8.14. The van der Waals surface area contributed by atoms with Gasteiger partial charge >= 0.3 is 6.03 Å². The van der Waals surface area contributed by atoms with E-state index in [0.717, 1.165) is 21.1 Å². The highest BCUT2D eigenvalue weighted by molar-refractivity contribution is 7.99. The maximum atomic E-state index is 12.8. The van der Waals surface area contributed by atoms with Crippen molar-refractivity contribution < 1.29 is 9.53 Å². The number of nitrogens with zero attached hydrogens (tertiary/aromatic N) is 3. The van der Waals surface area contributed by atoms with Gasteiger partial charge in [-0.25, -0.2) is 9.48 Å². The Hall–Kier alpha value is -3.53. The molecule has 0 aliphatic carbocycles. The number of aromatic nitrogens is 3. The second kappa shape index (κ2) is 11.5. The summed E-state index contributed by atoms with van der Waals surface area (Å²) < 4.78 is 6.51. The first-order valence-corrected chi connectivity index (χ1v) is 12.4. The Morgan fingerprint density at radius 1 is 1.03 bits per heavy atom. The number of pyridine rings is 1. The molecule has 0 spiro atoms. The lowest BCUT2D eigenvalue weighted by Crippen LogP contribution is -2.29. The van der Waals surface area contributed by atoms with E-state index in [1.165, 1.54) is 17.1 Å².